The smallest absolute Gasteiger partial charge is 0.147 e. The normalized spacial score (nSPS) is 19.3. The lowest BCUT2D eigenvalue weighted by atomic mass is 9.93. The molecule has 2 aromatic rings. The number of likely N-dealkylation sites (tertiary alicyclic amines) is 1. The summed E-state index contributed by atoms with van der Waals surface area (Å²) in [5, 5.41) is 7.40. The van der Waals surface area contributed by atoms with Crippen LogP contribution in [-0.4, -0.2) is 44.8 Å². The average Bonchev–Trinajstić information content (AvgIpc) is 2.93. The summed E-state index contributed by atoms with van der Waals surface area (Å²) in [5.74, 6) is 1.56. The molecule has 0 spiro atoms. The quantitative estimate of drug-likeness (QED) is 0.911. The van der Waals surface area contributed by atoms with Gasteiger partial charge in [0.05, 0.1) is 11.9 Å². The van der Waals surface area contributed by atoms with Crippen LogP contribution in [0.4, 0.5) is 5.82 Å². The van der Waals surface area contributed by atoms with Crippen LogP contribution in [0, 0.1) is 5.92 Å². The van der Waals surface area contributed by atoms with E-state index in [4.69, 9.17) is 0 Å². The van der Waals surface area contributed by atoms with Crippen molar-refractivity contribution in [2.75, 3.05) is 25.5 Å². The average molecular weight is 300 g/mol. The van der Waals surface area contributed by atoms with Crippen molar-refractivity contribution < 1.29 is 0 Å². The van der Waals surface area contributed by atoms with Gasteiger partial charge in [-0.1, -0.05) is 0 Å². The molecule has 0 aliphatic carbocycles. The van der Waals surface area contributed by atoms with E-state index in [0.717, 1.165) is 31.0 Å². The van der Waals surface area contributed by atoms with Crippen molar-refractivity contribution in [1.29, 1.82) is 0 Å². The van der Waals surface area contributed by atoms with Crippen molar-refractivity contribution in [2.45, 2.75) is 25.8 Å². The second-order valence-corrected chi connectivity index (χ2v) is 6.07. The maximum Gasteiger partial charge on any atom is 0.147 e. The van der Waals surface area contributed by atoms with Crippen LogP contribution in [0.2, 0.25) is 0 Å². The number of hydrogen-bond acceptors (Lipinski definition) is 5. The fourth-order valence-corrected chi connectivity index (χ4v) is 3.27. The summed E-state index contributed by atoms with van der Waals surface area (Å²) >= 11 is 0. The highest BCUT2D eigenvalue weighted by atomic mass is 15.2. The number of hydrogen-bond donors (Lipinski definition) is 1. The molecule has 118 valence electrons. The molecule has 0 radical (unpaired) electrons. The lowest BCUT2D eigenvalue weighted by molar-refractivity contribution is 0.166. The number of piperidine rings is 1. The molecule has 0 saturated carbocycles. The first-order chi connectivity index (χ1) is 10.7. The van der Waals surface area contributed by atoms with E-state index in [1.807, 2.05) is 25.0 Å². The predicted molar refractivity (Wildman–Crippen MR) is 86.5 cm³/mol. The van der Waals surface area contributed by atoms with Crippen LogP contribution in [0.25, 0.3) is 0 Å². The molecule has 2 aromatic heterocycles. The third kappa shape index (κ3) is 3.62. The molecule has 1 saturated heterocycles. The van der Waals surface area contributed by atoms with Gasteiger partial charge in [-0.25, -0.2) is 4.98 Å². The Morgan fingerprint density at radius 1 is 1.32 bits per heavy atom. The van der Waals surface area contributed by atoms with E-state index in [9.17, 15) is 0 Å². The topological polar surface area (TPSA) is 58.9 Å². The minimum Gasteiger partial charge on any atom is -0.372 e. The summed E-state index contributed by atoms with van der Waals surface area (Å²) in [6.45, 7) is 3.28. The zero-order valence-electron chi connectivity index (χ0n) is 13.4. The number of anilines is 1. The Bertz CT molecular complexity index is 608. The fraction of sp³-hybridized carbons (Fsp3) is 0.562. The summed E-state index contributed by atoms with van der Waals surface area (Å²) < 4.78 is 1.87. The van der Waals surface area contributed by atoms with Gasteiger partial charge in [0.1, 0.15) is 5.82 Å². The summed E-state index contributed by atoms with van der Waals surface area (Å²) in [4.78, 5) is 11.4. The van der Waals surface area contributed by atoms with Crippen molar-refractivity contribution in [3.8, 4) is 0 Å². The van der Waals surface area contributed by atoms with Gasteiger partial charge in [-0.2, -0.15) is 5.10 Å². The second-order valence-electron chi connectivity index (χ2n) is 6.07. The van der Waals surface area contributed by atoms with Gasteiger partial charge in [-0.15, -0.1) is 0 Å². The Labute approximate surface area is 131 Å². The van der Waals surface area contributed by atoms with Gasteiger partial charge in [-0.3, -0.25) is 14.6 Å². The zero-order chi connectivity index (χ0) is 15.4. The van der Waals surface area contributed by atoms with Crippen LogP contribution in [-0.2, 0) is 20.0 Å². The maximum atomic E-state index is 4.50. The summed E-state index contributed by atoms with van der Waals surface area (Å²) in [5.41, 5.74) is 2.37. The molecule has 22 heavy (non-hydrogen) atoms. The van der Waals surface area contributed by atoms with Gasteiger partial charge in [0, 0.05) is 51.3 Å². The molecule has 1 atom stereocenters. The SMILES string of the molecule is CNc1nccnc1C[C@@H]1CCCN(Cc2cnn(C)c2)C1. The number of aryl methyl sites for hydroxylation is 1. The molecule has 6 heteroatoms. The monoisotopic (exact) mass is 300 g/mol. The molecule has 6 nitrogen and oxygen atoms in total. The minimum absolute atomic E-state index is 0.647. The Hall–Kier alpha value is -1.95. The highest BCUT2D eigenvalue weighted by Gasteiger charge is 2.22. The largest absolute Gasteiger partial charge is 0.372 e. The lowest BCUT2D eigenvalue weighted by Gasteiger charge is -2.32. The molecule has 1 N–H and O–H groups in total. The second kappa shape index (κ2) is 6.87. The standard InChI is InChI=1S/C16H24N6/c1-17-16-15(18-5-6-19-16)8-13-4-3-7-22(11-13)12-14-9-20-21(2)10-14/h5-6,9-10,13H,3-4,7-8,11-12H2,1-2H3,(H,17,19)/t13-/m0/s1. The van der Waals surface area contributed by atoms with E-state index in [1.54, 1.807) is 12.4 Å². The van der Waals surface area contributed by atoms with Gasteiger partial charge < -0.3 is 5.32 Å². The molecular formula is C16H24N6. The molecule has 1 aliphatic rings. The summed E-state index contributed by atoms with van der Waals surface area (Å²) in [6.07, 6.45) is 11.1. The van der Waals surface area contributed by atoms with E-state index in [-0.39, 0.29) is 0 Å². The molecule has 0 amide bonds. The molecule has 0 aromatic carbocycles. The Kier molecular flexibility index (Phi) is 4.68. The van der Waals surface area contributed by atoms with Crippen LogP contribution in [0.5, 0.6) is 0 Å². The van der Waals surface area contributed by atoms with Crippen molar-refractivity contribution in [3.05, 3.63) is 36.0 Å². The highest BCUT2D eigenvalue weighted by Crippen LogP contribution is 2.23. The molecule has 0 bridgehead atoms. The predicted octanol–water partition coefficient (Wildman–Crippen LogP) is 1.71. The number of rotatable bonds is 5. The first kappa shape index (κ1) is 15.0. The van der Waals surface area contributed by atoms with E-state index in [1.165, 1.54) is 24.9 Å². The van der Waals surface area contributed by atoms with Gasteiger partial charge in [0.15, 0.2) is 0 Å². The van der Waals surface area contributed by atoms with Crippen molar-refractivity contribution >= 4 is 5.82 Å². The van der Waals surface area contributed by atoms with E-state index < -0.39 is 0 Å². The van der Waals surface area contributed by atoms with Crippen molar-refractivity contribution in [1.82, 2.24) is 24.6 Å². The Morgan fingerprint density at radius 3 is 2.95 bits per heavy atom. The number of aromatic nitrogens is 4. The van der Waals surface area contributed by atoms with Crippen LogP contribution in [0.3, 0.4) is 0 Å². The van der Waals surface area contributed by atoms with Crippen molar-refractivity contribution in [3.63, 3.8) is 0 Å². The third-order valence-electron chi connectivity index (χ3n) is 4.26. The Morgan fingerprint density at radius 2 is 2.18 bits per heavy atom. The molecule has 1 aliphatic heterocycles. The van der Waals surface area contributed by atoms with Gasteiger partial charge in [0.2, 0.25) is 0 Å². The first-order valence-corrected chi connectivity index (χ1v) is 7.92. The van der Waals surface area contributed by atoms with E-state index in [2.05, 4.69) is 31.5 Å². The van der Waals surface area contributed by atoms with E-state index >= 15 is 0 Å². The first-order valence-electron chi connectivity index (χ1n) is 7.92. The maximum absolute atomic E-state index is 4.50. The molecule has 1 fully saturated rings. The molecular weight excluding hydrogens is 276 g/mol. The minimum atomic E-state index is 0.647. The number of nitrogens with zero attached hydrogens (tertiary/aromatic N) is 5. The fourth-order valence-electron chi connectivity index (χ4n) is 3.27. The lowest BCUT2D eigenvalue weighted by Crippen LogP contribution is -2.35. The summed E-state index contributed by atoms with van der Waals surface area (Å²) in [7, 11) is 3.87. The number of nitrogens with one attached hydrogen (secondary N) is 1. The van der Waals surface area contributed by atoms with Crippen LogP contribution in [0.15, 0.2) is 24.8 Å². The van der Waals surface area contributed by atoms with E-state index in [0.29, 0.717) is 5.92 Å². The van der Waals surface area contributed by atoms with Crippen LogP contribution in [0.1, 0.15) is 24.1 Å². The molecule has 3 rings (SSSR count). The van der Waals surface area contributed by atoms with Gasteiger partial charge in [-0.05, 0) is 31.7 Å². The third-order valence-corrected chi connectivity index (χ3v) is 4.26. The van der Waals surface area contributed by atoms with Crippen LogP contribution >= 0.6 is 0 Å². The summed E-state index contributed by atoms with van der Waals surface area (Å²) in [6, 6.07) is 0. The van der Waals surface area contributed by atoms with Gasteiger partial charge in [0.25, 0.3) is 0 Å². The highest BCUT2D eigenvalue weighted by molar-refractivity contribution is 5.38. The zero-order valence-corrected chi connectivity index (χ0v) is 13.4. The Balaban J connectivity index is 1.60. The van der Waals surface area contributed by atoms with Crippen LogP contribution < -0.4 is 5.32 Å². The molecule has 3 heterocycles. The van der Waals surface area contributed by atoms with Gasteiger partial charge >= 0.3 is 0 Å². The van der Waals surface area contributed by atoms with Crippen molar-refractivity contribution in [2.24, 2.45) is 13.0 Å². The molecule has 0 unspecified atom stereocenters.